The molecule has 12 heavy (non-hydrogen) atoms. The lowest BCUT2D eigenvalue weighted by Crippen LogP contribution is -2.13. The maximum atomic E-state index is 10.7. The van der Waals surface area contributed by atoms with Crippen molar-refractivity contribution in [1.29, 1.82) is 0 Å². The van der Waals surface area contributed by atoms with E-state index in [4.69, 9.17) is 5.73 Å². The van der Waals surface area contributed by atoms with Gasteiger partial charge in [0.25, 0.3) is 5.91 Å². The number of aromatic amines is 1. The molecule has 3 N–H and O–H groups in total. The number of aromatic nitrogens is 2. The minimum atomic E-state index is -0.460. The standard InChI is InChI=1S/C8H7N3O/c9-8(12)7-2-1-5-6(11-7)3-4-10-5/h1-4,11H,(H2,9,12). The summed E-state index contributed by atoms with van der Waals surface area (Å²) >= 11 is 0. The molecule has 0 aromatic carbocycles. The zero-order valence-electron chi connectivity index (χ0n) is 6.24. The van der Waals surface area contributed by atoms with Gasteiger partial charge in [0, 0.05) is 6.20 Å². The Hall–Kier alpha value is -1.84. The summed E-state index contributed by atoms with van der Waals surface area (Å²) in [5, 5.41) is 0. The van der Waals surface area contributed by atoms with Crippen LogP contribution in [-0.2, 0) is 0 Å². The SMILES string of the molecule is NC(=O)c1ccc2nccc-2[nH]1. The van der Waals surface area contributed by atoms with Crippen molar-refractivity contribution in [3.63, 3.8) is 0 Å². The Labute approximate surface area is 68.8 Å². The molecule has 2 aliphatic rings. The van der Waals surface area contributed by atoms with Gasteiger partial charge in [-0.15, -0.1) is 0 Å². The first kappa shape index (κ1) is 6.84. The first-order valence-corrected chi connectivity index (χ1v) is 3.51. The molecule has 0 aromatic rings. The lowest BCUT2D eigenvalue weighted by atomic mass is 10.2. The number of H-pyrrole nitrogens is 1. The second-order valence-corrected chi connectivity index (χ2v) is 2.48. The van der Waals surface area contributed by atoms with Gasteiger partial charge in [-0.25, -0.2) is 0 Å². The molecule has 4 nitrogen and oxygen atoms in total. The normalized spacial score (nSPS) is 10.3. The molecule has 0 atom stereocenters. The number of fused-ring (bicyclic) bond motifs is 1. The van der Waals surface area contributed by atoms with Gasteiger partial charge in [-0.05, 0) is 18.2 Å². The highest BCUT2D eigenvalue weighted by Gasteiger charge is 2.06. The van der Waals surface area contributed by atoms with Crippen LogP contribution in [0.1, 0.15) is 10.5 Å². The van der Waals surface area contributed by atoms with Crippen LogP contribution in [0.2, 0.25) is 0 Å². The van der Waals surface area contributed by atoms with E-state index < -0.39 is 5.91 Å². The lowest BCUT2D eigenvalue weighted by molar-refractivity contribution is 0.0995. The highest BCUT2D eigenvalue weighted by molar-refractivity contribution is 5.91. The van der Waals surface area contributed by atoms with Crippen LogP contribution in [0.5, 0.6) is 0 Å². The van der Waals surface area contributed by atoms with Crippen molar-refractivity contribution in [1.82, 2.24) is 9.97 Å². The molecule has 2 heterocycles. The van der Waals surface area contributed by atoms with Crippen LogP contribution >= 0.6 is 0 Å². The van der Waals surface area contributed by atoms with Gasteiger partial charge in [-0.2, -0.15) is 0 Å². The predicted molar refractivity (Wildman–Crippen MR) is 43.7 cm³/mol. The number of nitrogens with zero attached hydrogens (tertiary/aromatic N) is 1. The molecule has 1 amide bonds. The van der Waals surface area contributed by atoms with Gasteiger partial charge in [0.1, 0.15) is 5.69 Å². The maximum Gasteiger partial charge on any atom is 0.265 e. The number of rotatable bonds is 1. The molecular weight excluding hydrogens is 154 g/mol. The first-order valence-electron chi connectivity index (χ1n) is 3.51. The molecule has 0 saturated heterocycles. The average Bonchev–Trinajstić information content (AvgIpc) is 2.49. The maximum absolute atomic E-state index is 10.7. The molecule has 2 aliphatic heterocycles. The third-order valence-electron chi connectivity index (χ3n) is 1.67. The smallest absolute Gasteiger partial charge is 0.265 e. The zero-order valence-corrected chi connectivity index (χ0v) is 6.24. The molecule has 4 heteroatoms. The second kappa shape index (κ2) is 2.34. The minimum absolute atomic E-state index is 0.399. The van der Waals surface area contributed by atoms with Crippen LogP contribution in [-0.4, -0.2) is 15.9 Å². The average molecular weight is 161 g/mol. The van der Waals surface area contributed by atoms with E-state index in [1.165, 1.54) is 0 Å². The summed E-state index contributed by atoms with van der Waals surface area (Å²) in [6.45, 7) is 0. The molecule has 0 spiro atoms. The minimum Gasteiger partial charge on any atom is -0.364 e. The van der Waals surface area contributed by atoms with E-state index in [0.717, 1.165) is 11.4 Å². The number of pyridine rings is 1. The molecular formula is C8H7N3O. The van der Waals surface area contributed by atoms with E-state index in [1.54, 1.807) is 24.4 Å². The topological polar surface area (TPSA) is 71.8 Å². The van der Waals surface area contributed by atoms with Gasteiger partial charge in [-0.3, -0.25) is 9.78 Å². The second-order valence-electron chi connectivity index (χ2n) is 2.48. The molecule has 60 valence electrons. The molecule has 0 aliphatic carbocycles. The van der Waals surface area contributed by atoms with Crippen molar-refractivity contribution in [2.45, 2.75) is 0 Å². The summed E-state index contributed by atoms with van der Waals surface area (Å²) in [7, 11) is 0. The molecule has 0 unspecified atom stereocenters. The van der Waals surface area contributed by atoms with Gasteiger partial charge in [0.05, 0.1) is 11.4 Å². The van der Waals surface area contributed by atoms with Crippen molar-refractivity contribution in [3.05, 3.63) is 30.1 Å². The quantitative estimate of drug-likeness (QED) is 0.643. The van der Waals surface area contributed by atoms with Crippen LogP contribution in [0.3, 0.4) is 0 Å². The first-order chi connectivity index (χ1) is 5.77. The Bertz CT molecular complexity index is 393. The summed E-state index contributed by atoms with van der Waals surface area (Å²) in [6.07, 6.45) is 1.67. The number of carbonyl (C=O) groups is 1. The number of amides is 1. The van der Waals surface area contributed by atoms with E-state index in [2.05, 4.69) is 9.97 Å². The van der Waals surface area contributed by atoms with E-state index in [-0.39, 0.29) is 0 Å². The number of hydrogen-bond acceptors (Lipinski definition) is 2. The number of carbonyl (C=O) groups excluding carboxylic acids is 1. The largest absolute Gasteiger partial charge is 0.364 e. The monoisotopic (exact) mass is 161 g/mol. The van der Waals surface area contributed by atoms with Crippen LogP contribution in [0, 0.1) is 0 Å². The van der Waals surface area contributed by atoms with Crippen LogP contribution in [0.25, 0.3) is 11.4 Å². The van der Waals surface area contributed by atoms with Gasteiger partial charge >= 0.3 is 0 Å². The lowest BCUT2D eigenvalue weighted by Gasteiger charge is -2.00. The Morgan fingerprint density at radius 2 is 2.25 bits per heavy atom. The van der Waals surface area contributed by atoms with E-state index in [9.17, 15) is 4.79 Å². The highest BCUT2D eigenvalue weighted by Crippen LogP contribution is 2.16. The predicted octanol–water partition coefficient (Wildman–Crippen LogP) is 0.613. The fourth-order valence-corrected chi connectivity index (χ4v) is 1.08. The Balaban J connectivity index is 2.62. The molecule has 0 saturated carbocycles. The molecule has 0 radical (unpaired) electrons. The summed E-state index contributed by atoms with van der Waals surface area (Å²) in [5.41, 5.74) is 7.14. The van der Waals surface area contributed by atoms with Crippen molar-refractivity contribution in [2.24, 2.45) is 5.73 Å². The molecule has 0 aromatic heterocycles. The van der Waals surface area contributed by atoms with Crippen molar-refractivity contribution >= 4 is 5.91 Å². The molecule has 0 bridgehead atoms. The van der Waals surface area contributed by atoms with Crippen LogP contribution < -0.4 is 5.73 Å². The Morgan fingerprint density at radius 1 is 1.42 bits per heavy atom. The molecule has 2 rings (SSSR count). The summed E-state index contributed by atoms with van der Waals surface area (Å²) in [4.78, 5) is 17.6. The zero-order chi connectivity index (χ0) is 8.55. The number of nitrogens with one attached hydrogen (secondary N) is 1. The third-order valence-corrected chi connectivity index (χ3v) is 1.67. The van der Waals surface area contributed by atoms with Crippen molar-refractivity contribution < 1.29 is 4.79 Å². The van der Waals surface area contributed by atoms with Crippen LogP contribution in [0.15, 0.2) is 24.4 Å². The summed E-state index contributed by atoms with van der Waals surface area (Å²) in [6, 6.07) is 5.17. The van der Waals surface area contributed by atoms with Crippen LogP contribution in [0.4, 0.5) is 0 Å². The van der Waals surface area contributed by atoms with E-state index in [1.807, 2.05) is 0 Å². The number of hydrogen-bond donors (Lipinski definition) is 2. The van der Waals surface area contributed by atoms with Gasteiger partial charge in [0.15, 0.2) is 0 Å². The van der Waals surface area contributed by atoms with Crippen molar-refractivity contribution in [3.8, 4) is 11.4 Å². The van der Waals surface area contributed by atoms with Gasteiger partial charge in [0.2, 0.25) is 0 Å². The Kier molecular flexibility index (Phi) is 1.33. The summed E-state index contributed by atoms with van der Waals surface area (Å²) in [5.74, 6) is -0.460. The fraction of sp³-hybridized carbons (Fsp3) is 0. The van der Waals surface area contributed by atoms with Gasteiger partial charge in [-0.1, -0.05) is 0 Å². The van der Waals surface area contributed by atoms with E-state index >= 15 is 0 Å². The number of nitrogens with two attached hydrogens (primary N) is 1. The fourth-order valence-electron chi connectivity index (χ4n) is 1.08. The molecule has 0 fully saturated rings. The number of primary amides is 1. The summed E-state index contributed by atoms with van der Waals surface area (Å²) < 4.78 is 0. The highest BCUT2D eigenvalue weighted by atomic mass is 16.1. The van der Waals surface area contributed by atoms with E-state index in [0.29, 0.717) is 5.69 Å². The Morgan fingerprint density at radius 3 is 3.00 bits per heavy atom. The van der Waals surface area contributed by atoms with Crippen molar-refractivity contribution in [2.75, 3.05) is 0 Å². The third kappa shape index (κ3) is 0.934. The van der Waals surface area contributed by atoms with Gasteiger partial charge < -0.3 is 10.7 Å².